The summed E-state index contributed by atoms with van der Waals surface area (Å²) in [5.74, 6) is 0.433. The lowest BCUT2D eigenvalue weighted by Crippen LogP contribution is -2.45. The molecule has 0 aliphatic carbocycles. The van der Waals surface area contributed by atoms with E-state index in [1.54, 1.807) is 0 Å². The normalized spacial score (nSPS) is 26.3. The Balaban J connectivity index is 1.81. The molecule has 5 heteroatoms. The largest absolute Gasteiger partial charge is 0.377 e. The Hall–Kier alpha value is -0.940. The van der Waals surface area contributed by atoms with Crippen LogP contribution in [0.1, 0.15) is 32.6 Å². The summed E-state index contributed by atoms with van der Waals surface area (Å²) in [6.07, 6.45) is 3.27. The molecule has 1 amide bonds. The van der Waals surface area contributed by atoms with Crippen LogP contribution in [0.25, 0.3) is 0 Å². The lowest BCUT2D eigenvalue weighted by Gasteiger charge is -2.29. The molecule has 0 aromatic heterocycles. The minimum Gasteiger partial charge on any atom is -0.377 e. The Labute approximate surface area is 114 Å². The first kappa shape index (κ1) is 14.5. The molecule has 2 rings (SSSR count). The highest BCUT2D eigenvalue weighted by Crippen LogP contribution is 2.11. The maximum Gasteiger partial charge on any atom is 0.236 e. The van der Waals surface area contributed by atoms with E-state index in [0.717, 1.165) is 32.5 Å². The van der Waals surface area contributed by atoms with Crippen molar-refractivity contribution in [3.63, 3.8) is 0 Å². The van der Waals surface area contributed by atoms with Crippen molar-refractivity contribution in [1.29, 1.82) is 0 Å². The fourth-order valence-electron chi connectivity index (χ4n) is 2.66. The molecule has 108 valence electrons. The smallest absolute Gasteiger partial charge is 0.236 e. The minimum absolute atomic E-state index is 0.157. The van der Waals surface area contributed by atoms with Crippen molar-refractivity contribution >= 4 is 11.7 Å². The molecule has 0 N–H and O–H groups in total. The molecular weight excluding hydrogens is 244 g/mol. The number of Topliss-reactive ketones (excluding diaryl/α,β-unsaturated/α-hetero) is 1. The van der Waals surface area contributed by atoms with Crippen molar-refractivity contribution < 1.29 is 14.3 Å². The van der Waals surface area contributed by atoms with E-state index in [2.05, 4.69) is 11.8 Å². The summed E-state index contributed by atoms with van der Waals surface area (Å²) in [7, 11) is 0. The van der Waals surface area contributed by atoms with Crippen molar-refractivity contribution in [2.75, 3.05) is 39.3 Å². The van der Waals surface area contributed by atoms with E-state index in [1.165, 1.54) is 0 Å². The lowest BCUT2D eigenvalue weighted by atomic mass is 10.1. The van der Waals surface area contributed by atoms with Gasteiger partial charge in [-0.05, 0) is 12.8 Å². The summed E-state index contributed by atoms with van der Waals surface area (Å²) < 4.78 is 5.71. The number of amides is 1. The highest BCUT2D eigenvalue weighted by Gasteiger charge is 2.24. The number of hydrogen-bond donors (Lipinski definition) is 0. The first-order valence-corrected chi connectivity index (χ1v) is 7.32. The van der Waals surface area contributed by atoms with E-state index >= 15 is 0 Å². The third-order valence-electron chi connectivity index (χ3n) is 3.92. The quantitative estimate of drug-likeness (QED) is 0.755. The van der Waals surface area contributed by atoms with Gasteiger partial charge in [0.1, 0.15) is 5.78 Å². The molecule has 2 fully saturated rings. The van der Waals surface area contributed by atoms with Crippen LogP contribution >= 0.6 is 0 Å². The number of nitrogens with zero attached hydrogens (tertiary/aromatic N) is 2. The summed E-state index contributed by atoms with van der Waals surface area (Å²) in [4.78, 5) is 27.4. The summed E-state index contributed by atoms with van der Waals surface area (Å²) >= 11 is 0. The molecule has 0 aromatic carbocycles. The maximum atomic E-state index is 12.2. The number of ketones is 1. The van der Waals surface area contributed by atoms with Crippen LogP contribution in [-0.2, 0) is 14.3 Å². The van der Waals surface area contributed by atoms with Crippen molar-refractivity contribution in [3.05, 3.63) is 0 Å². The molecule has 2 heterocycles. The summed E-state index contributed by atoms with van der Waals surface area (Å²) in [6, 6.07) is 0. The summed E-state index contributed by atoms with van der Waals surface area (Å²) in [5.41, 5.74) is 0. The number of carbonyl (C=O) groups is 2. The molecule has 2 saturated heterocycles. The Morgan fingerprint density at radius 1 is 1.32 bits per heavy atom. The average molecular weight is 268 g/mol. The van der Waals surface area contributed by atoms with Crippen LogP contribution in [0.3, 0.4) is 0 Å². The number of likely N-dealkylation sites (tertiary alicyclic amines) is 1. The van der Waals surface area contributed by atoms with Gasteiger partial charge in [-0.15, -0.1) is 0 Å². The van der Waals surface area contributed by atoms with E-state index in [4.69, 9.17) is 4.74 Å². The zero-order chi connectivity index (χ0) is 13.7. The molecule has 2 aliphatic rings. The van der Waals surface area contributed by atoms with Crippen molar-refractivity contribution in [2.24, 2.45) is 0 Å². The molecule has 0 bridgehead atoms. The third kappa shape index (κ3) is 4.28. The third-order valence-corrected chi connectivity index (χ3v) is 3.92. The zero-order valence-electron chi connectivity index (χ0n) is 11.8. The fourth-order valence-corrected chi connectivity index (χ4v) is 2.66. The van der Waals surface area contributed by atoms with Gasteiger partial charge in [0.05, 0.1) is 12.6 Å². The van der Waals surface area contributed by atoms with E-state index in [0.29, 0.717) is 32.5 Å². The van der Waals surface area contributed by atoms with Gasteiger partial charge in [-0.1, -0.05) is 6.92 Å². The zero-order valence-corrected chi connectivity index (χ0v) is 11.8. The van der Waals surface area contributed by atoms with Crippen molar-refractivity contribution in [1.82, 2.24) is 9.80 Å². The van der Waals surface area contributed by atoms with Crippen LogP contribution in [0, 0.1) is 0 Å². The van der Waals surface area contributed by atoms with Crippen LogP contribution < -0.4 is 0 Å². The van der Waals surface area contributed by atoms with Crippen LogP contribution in [0.15, 0.2) is 0 Å². The predicted molar refractivity (Wildman–Crippen MR) is 71.9 cm³/mol. The number of ether oxygens (including phenoxy) is 1. The molecular formula is C14H24N2O3. The highest BCUT2D eigenvalue weighted by atomic mass is 16.5. The second kappa shape index (κ2) is 7.01. The number of hydrogen-bond acceptors (Lipinski definition) is 4. The molecule has 1 atom stereocenters. The molecule has 1 unspecified atom stereocenters. The number of carbonyl (C=O) groups excluding carboxylic acids is 2. The Morgan fingerprint density at radius 3 is 2.74 bits per heavy atom. The SMILES string of the molecule is CCC1CN(CC(=O)N2CCC(=O)CC2)CCCO1. The standard InChI is InChI=1S/C14H24N2O3/c1-2-13-10-15(6-3-9-19-13)11-14(18)16-7-4-12(17)5-8-16/h13H,2-11H2,1H3. The molecule has 0 saturated carbocycles. The van der Waals surface area contributed by atoms with Crippen molar-refractivity contribution in [3.8, 4) is 0 Å². The van der Waals surface area contributed by atoms with E-state index in [-0.39, 0.29) is 17.8 Å². The Morgan fingerprint density at radius 2 is 2.05 bits per heavy atom. The van der Waals surface area contributed by atoms with Gasteiger partial charge < -0.3 is 9.64 Å². The van der Waals surface area contributed by atoms with Gasteiger partial charge in [0.25, 0.3) is 0 Å². The Bertz CT molecular complexity index is 323. The van der Waals surface area contributed by atoms with Gasteiger partial charge in [-0.2, -0.15) is 0 Å². The van der Waals surface area contributed by atoms with E-state index < -0.39 is 0 Å². The predicted octanol–water partition coefficient (Wildman–Crippen LogP) is 0.679. The number of piperidine rings is 1. The highest BCUT2D eigenvalue weighted by molar-refractivity contribution is 5.84. The van der Waals surface area contributed by atoms with Crippen LogP contribution in [0.2, 0.25) is 0 Å². The first-order valence-electron chi connectivity index (χ1n) is 7.32. The van der Waals surface area contributed by atoms with E-state index in [1.807, 2.05) is 4.90 Å². The van der Waals surface area contributed by atoms with Gasteiger partial charge >= 0.3 is 0 Å². The molecule has 2 aliphatic heterocycles. The first-order chi connectivity index (χ1) is 9.19. The summed E-state index contributed by atoms with van der Waals surface area (Å²) in [5, 5.41) is 0. The molecule has 0 spiro atoms. The topological polar surface area (TPSA) is 49.9 Å². The minimum atomic E-state index is 0.157. The Kier molecular flexibility index (Phi) is 5.34. The van der Waals surface area contributed by atoms with Crippen LogP contribution in [-0.4, -0.2) is 66.9 Å². The molecule has 19 heavy (non-hydrogen) atoms. The molecule has 0 radical (unpaired) electrons. The summed E-state index contributed by atoms with van der Waals surface area (Å²) in [6.45, 7) is 6.34. The number of rotatable bonds is 3. The monoisotopic (exact) mass is 268 g/mol. The van der Waals surface area contributed by atoms with Gasteiger partial charge in [-0.3, -0.25) is 14.5 Å². The van der Waals surface area contributed by atoms with Gasteiger partial charge in [0.15, 0.2) is 0 Å². The van der Waals surface area contributed by atoms with Crippen LogP contribution in [0.4, 0.5) is 0 Å². The lowest BCUT2D eigenvalue weighted by molar-refractivity contribution is -0.135. The van der Waals surface area contributed by atoms with E-state index in [9.17, 15) is 9.59 Å². The van der Waals surface area contributed by atoms with Crippen LogP contribution in [0.5, 0.6) is 0 Å². The van der Waals surface area contributed by atoms with Crippen molar-refractivity contribution in [2.45, 2.75) is 38.7 Å². The second-order valence-corrected chi connectivity index (χ2v) is 5.41. The maximum absolute atomic E-state index is 12.2. The molecule has 0 aromatic rings. The second-order valence-electron chi connectivity index (χ2n) is 5.41. The molecule has 5 nitrogen and oxygen atoms in total. The average Bonchev–Trinajstić information content (AvgIpc) is 2.64. The van der Waals surface area contributed by atoms with Gasteiger partial charge in [-0.25, -0.2) is 0 Å². The van der Waals surface area contributed by atoms with Gasteiger partial charge in [0, 0.05) is 45.6 Å². The van der Waals surface area contributed by atoms with Gasteiger partial charge in [0.2, 0.25) is 5.91 Å². The fraction of sp³-hybridized carbons (Fsp3) is 0.857.